The molecule has 0 aliphatic heterocycles. The third kappa shape index (κ3) is 6.81. The number of allylic oxidation sites excluding steroid dienone is 5. The van der Waals surface area contributed by atoms with E-state index in [9.17, 15) is 4.79 Å². The van der Waals surface area contributed by atoms with E-state index in [0.717, 1.165) is 32.3 Å². The minimum absolute atomic E-state index is 0.0381. The number of carbonyl (C=O) groups excluding carboxylic acids is 1. The van der Waals surface area contributed by atoms with Crippen molar-refractivity contribution in [3.05, 3.63) is 82.1 Å². The molecule has 0 aliphatic carbocycles. The maximum absolute atomic E-state index is 11.7. The fraction of sp³-hybridized carbons (Fsp3) is 0.346. The number of benzene rings is 1. The van der Waals surface area contributed by atoms with Crippen molar-refractivity contribution in [2.24, 2.45) is 0 Å². The Labute approximate surface area is 206 Å². The van der Waals surface area contributed by atoms with Crippen LogP contribution in [0.2, 0.25) is 5.02 Å². The maximum atomic E-state index is 11.7. The first-order chi connectivity index (χ1) is 15.2. The topological polar surface area (TPSA) is 34.0 Å². The number of hydrogen-bond acceptors (Lipinski definition) is 2. The molecule has 172 valence electrons. The van der Waals surface area contributed by atoms with Gasteiger partial charge in [0.2, 0.25) is 5.91 Å². The van der Waals surface area contributed by atoms with Crippen molar-refractivity contribution in [2.75, 3.05) is 0 Å². The van der Waals surface area contributed by atoms with Gasteiger partial charge in [0.25, 0.3) is 0 Å². The standard InChI is InChI=1S/C26H32Cl2N2OS/c1-7-9-20(10-8-2)16-30-18(5)24(15-29-19(6)31)25(17(3)4)26(30)32-23-12-21(14-27)11-22(28)13-23/h7-13,17H,1,14-16H2,2-6H3,(H,29,31)/b10-8-,20-9+. The molecule has 32 heavy (non-hydrogen) atoms. The molecule has 0 unspecified atom stereocenters. The molecule has 2 rings (SSSR count). The quantitative estimate of drug-likeness (QED) is 0.272. The molecule has 1 aromatic heterocycles. The molecule has 0 saturated carbocycles. The van der Waals surface area contributed by atoms with Gasteiger partial charge < -0.3 is 9.88 Å². The van der Waals surface area contributed by atoms with Gasteiger partial charge in [0, 0.05) is 41.5 Å². The number of nitrogens with zero attached hydrogens (tertiary/aromatic N) is 1. The van der Waals surface area contributed by atoms with Gasteiger partial charge in [-0.3, -0.25) is 4.79 Å². The highest BCUT2D eigenvalue weighted by atomic mass is 35.5. The van der Waals surface area contributed by atoms with Crippen LogP contribution >= 0.6 is 35.0 Å². The van der Waals surface area contributed by atoms with Crippen LogP contribution in [0.25, 0.3) is 0 Å². The fourth-order valence-electron chi connectivity index (χ4n) is 3.69. The molecule has 3 nitrogen and oxygen atoms in total. The van der Waals surface area contributed by atoms with E-state index in [0.29, 0.717) is 24.0 Å². The zero-order chi connectivity index (χ0) is 23.8. The van der Waals surface area contributed by atoms with Crippen molar-refractivity contribution < 1.29 is 4.79 Å². The zero-order valence-corrected chi connectivity index (χ0v) is 21.8. The summed E-state index contributed by atoms with van der Waals surface area (Å²) in [4.78, 5) is 12.7. The Hall–Kier alpha value is -1.88. The number of amides is 1. The van der Waals surface area contributed by atoms with Crippen LogP contribution in [0.3, 0.4) is 0 Å². The molecule has 0 atom stereocenters. The van der Waals surface area contributed by atoms with E-state index >= 15 is 0 Å². The van der Waals surface area contributed by atoms with Crippen LogP contribution in [-0.2, 0) is 23.8 Å². The molecular weight excluding hydrogens is 459 g/mol. The van der Waals surface area contributed by atoms with Crippen molar-refractivity contribution >= 4 is 40.9 Å². The van der Waals surface area contributed by atoms with Crippen molar-refractivity contribution in [2.45, 2.75) is 69.4 Å². The molecule has 0 spiro atoms. The van der Waals surface area contributed by atoms with Crippen LogP contribution < -0.4 is 5.32 Å². The Bertz CT molecular complexity index is 1030. The summed E-state index contributed by atoms with van der Waals surface area (Å²) < 4.78 is 2.33. The van der Waals surface area contributed by atoms with E-state index in [1.165, 1.54) is 5.56 Å². The Morgan fingerprint density at radius 2 is 2.03 bits per heavy atom. The van der Waals surface area contributed by atoms with Gasteiger partial charge in [0.1, 0.15) is 0 Å². The average Bonchev–Trinajstić information content (AvgIpc) is 2.97. The molecule has 0 saturated heterocycles. The highest BCUT2D eigenvalue weighted by Crippen LogP contribution is 2.41. The van der Waals surface area contributed by atoms with Crippen molar-refractivity contribution in [1.29, 1.82) is 0 Å². The Balaban J connectivity index is 2.70. The predicted molar refractivity (Wildman–Crippen MR) is 139 cm³/mol. The molecule has 6 heteroatoms. The van der Waals surface area contributed by atoms with Gasteiger partial charge in [-0.15, -0.1) is 11.6 Å². The van der Waals surface area contributed by atoms with E-state index in [4.69, 9.17) is 23.2 Å². The van der Waals surface area contributed by atoms with Gasteiger partial charge in [-0.05, 0) is 60.2 Å². The number of halogens is 2. The van der Waals surface area contributed by atoms with Crippen molar-refractivity contribution in [1.82, 2.24) is 9.88 Å². The normalized spacial score (nSPS) is 12.1. The zero-order valence-electron chi connectivity index (χ0n) is 19.5. The molecule has 0 bridgehead atoms. The molecule has 0 aliphatic rings. The largest absolute Gasteiger partial charge is 0.352 e. The minimum Gasteiger partial charge on any atom is -0.352 e. The average molecular weight is 492 g/mol. The minimum atomic E-state index is -0.0381. The number of carbonyl (C=O) groups is 1. The second-order valence-corrected chi connectivity index (χ2v) is 9.71. The summed E-state index contributed by atoms with van der Waals surface area (Å²) in [5.74, 6) is 0.650. The lowest BCUT2D eigenvalue weighted by atomic mass is 10.0. The number of nitrogens with one attached hydrogen (secondary N) is 1. The van der Waals surface area contributed by atoms with Crippen LogP contribution in [0, 0.1) is 6.92 Å². The molecule has 1 N–H and O–H groups in total. The van der Waals surface area contributed by atoms with Gasteiger partial charge in [-0.2, -0.15) is 0 Å². The van der Waals surface area contributed by atoms with Gasteiger partial charge in [0.15, 0.2) is 0 Å². The maximum Gasteiger partial charge on any atom is 0.217 e. The van der Waals surface area contributed by atoms with Gasteiger partial charge >= 0.3 is 0 Å². The van der Waals surface area contributed by atoms with Crippen LogP contribution in [0.1, 0.15) is 56.0 Å². The second kappa shape index (κ2) is 12.4. The predicted octanol–water partition coefficient (Wildman–Crippen LogP) is 7.79. The SMILES string of the molecule is C=C/C=C(\C=C/C)Cn1c(C)c(CNC(C)=O)c(C(C)C)c1Sc1cc(Cl)cc(CCl)c1. The van der Waals surface area contributed by atoms with Crippen LogP contribution in [0.5, 0.6) is 0 Å². The van der Waals surface area contributed by atoms with E-state index in [1.54, 1.807) is 18.7 Å². The van der Waals surface area contributed by atoms with Crippen molar-refractivity contribution in [3.63, 3.8) is 0 Å². The van der Waals surface area contributed by atoms with E-state index in [1.807, 2.05) is 37.3 Å². The summed E-state index contributed by atoms with van der Waals surface area (Å²) in [5.41, 5.74) is 5.69. The highest BCUT2D eigenvalue weighted by Gasteiger charge is 2.24. The Kier molecular flexibility index (Phi) is 10.2. The summed E-state index contributed by atoms with van der Waals surface area (Å²) in [6.45, 7) is 15.1. The molecule has 1 aromatic carbocycles. The molecule has 2 aromatic rings. The van der Waals surface area contributed by atoms with E-state index in [2.05, 4.69) is 49.4 Å². The first-order valence-electron chi connectivity index (χ1n) is 10.7. The van der Waals surface area contributed by atoms with Crippen LogP contribution in [0.4, 0.5) is 0 Å². The lowest BCUT2D eigenvalue weighted by Gasteiger charge is -2.15. The second-order valence-electron chi connectivity index (χ2n) is 7.94. The number of rotatable bonds is 10. The monoisotopic (exact) mass is 490 g/mol. The molecular formula is C26H32Cl2N2OS. The first-order valence-corrected chi connectivity index (χ1v) is 12.4. The van der Waals surface area contributed by atoms with Gasteiger partial charge in [-0.1, -0.05) is 68.1 Å². The van der Waals surface area contributed by atoms with Gasteiger partial charge in [-0.25, -0.2) is 0 Å². The Morgan fingerprint density at radius 3 is 2.59 bits per heavy atom. The summed E-state index contributed by atoms with van der Waals surface area (Å²) >= 11 is 14.1. The fourth-order valence-corrected chi connectivity index (χ4v) is 5.57. The summed E-state index contributed by atoms with van der Waals surface area (Å²) in [6.07, 6.45) is 7.98. The molecule has 0 radical (unpaired) electrons. The Morgan fingerprint density at radius 1 is 1.31 bits per heavy atom. The third-order valence-electron chi connectivity index (χ3n) is 5.09. The lowest BCUT2D eigenvalue weighted by Crippen LogP contribution is -2.20. The molecule has 1 heterocycles. The summed E-state index contributed by atoms with van der Waals surface area (Å²) in [6, 6.07) is 5.95. The third-order valence-corrected chi connectivity index (χ3v) is 6.72. The smallest absolute Gasteiger partial charge is 0.217 e. The number of aromatic nitrogens is 1. The van der Waals surface area contributed by atoms with Crippen LogP contribution in [-0.4, -0.2) is 10.5 Å². The number of hydrogen-bond donors (Lipinski definition) is 1. The summed E-state index contributed by atoms with van der Waals surface area (Å²) in [5, 5.41) is 4.81. The first kappa shape index (κ1) is 26.4. The van der Waals surface area contributed by atoms with Gasteiger partial charge in [0.05, 0.1) is 5.03 Å². The molecule has 0 fully saturated rings. The van der Waals surface area contributed by atoms with E-state index < -0.39 is 0 Å². The lowest BCUT2D eigenvalue weighted by molar-refractivity contribution is -0.119. The number of alkyl halides is 1. The molecule has 1 amide bonds. The van der Waals surface area contributed by atoms with Crippen LogP contribution in [0.15, 0.2) is 64.6 Å². The summed E-state index contributed by atoms with van der Waals surface area (Å²) in [7, 11) is 0. The van der Waals surface area contributed by atoms with Crippen molar-refractivity contribution in [3.8, 4) is 0 Å². The van der Waals surface area contributed by atoms with E-state index in [-0.39, 0.29) is 11.8 Å². The highest BCUT2D eigenvalue weighted by molar-refractivity contribution is 7.99.